The van der Waals surface area contributed by atoms with Crippen molar-refractivity contribution in [2.24, 2.45) is 4.99 Å². The van der Waals surface area contributed by atoms with E-state index in [4.69, 9.17) is 23.2 Å². The van der Waals surface area contributed by atoms with E-state index in [-0.39, 0.29) is 0 Å². The summed E-state index contributed by atoms with van der Waals surface area (Å²) in [6.07, 6.45) is 5.99. The smallest absolute Gasteiger partial charge is 0.191 e. The second-order valence-electron chi connectivity index (χ2n) is 5.46. The maximum absolute atomic E-state index is 6.17. The Bertz CT molecular complexity index is 681. The van der Waals surface area contributed by atoms with Crippen LogP contribution in [0, 0.1) is 6.92 Å². The van der Waals surface area contributed by atoms with E-state index < -0.39 is 0 Å². The number of nitrogens with one attached hydrogen (secondary N) is 2. The molecule has 0 fully saturated rings. The summed E-state index contributed by atoms with van der Waals surface area (Å²) in [7, 11) is 1.76. The number of hydrogen-bond donors (Lipinski definition) is 2. The number of aliphatic imine (C=N–C) groups is 1. The van der Waals surface area contributed by atoms with E-state index in [0.717, 1.165) is 43.3 Å². The zero-order chi connectivity index (χ0) is 17.4. The molecule has 0 bridgehead atoms. The molecule has 0 amide bonds. The fourth-order valence-corrected chi connectivity index (χ4v) is 2.79. The first-order valence-corrected chi connectivity index (χ1v) is 8.72. The third-order valence-corrected chi connectivity index (χ3v) is 4.31. The number of nitrogens with zero attached hydrogens (tertiary/aromatic N) is 3. The first-order valence-electron chi connectivity index (χ1n) is 7.96. The van der Waals surface area contributed by atoms with Gasteiger partial charge in [0.05, 0.1) is 0 Å². The van der Waals surface area contributed by atoms with Crippen LogP contribution in [-0.2, 0) is 13.1 Å². The van der Waals surface area contributed by atoms with Crippen molar-refractivity contribution in [2.75, 3.05) is 13.6 Å². The summed E-state index contributed by atoms with van der Waals surface area (Å²) in [5.74, 6) is 1.82. The summed E-state index contributed by atoms with van der Waals surface area (Å²) >= 11 is 12.1. The lowest BCUT2D eigenvalue weighted by molar-refractivity contribution is 0.588. The molecule has 0 aliphatic heterocycles. The second-order valence-corrected chi connectivity index (χ2v) is 6.31. The quantitative estimate of drug-likeness (QED) is 0.446. The molecule has 0 unspecified atom stereocenters. The molecular weight excluding hydrogens is 345 g/mol. The van der Waals surface area contributed by atoms with E-state index in [9.17, 15) is 0 Å². The van der Waals surface area contributed by atoms with Crippen molar-refractivity contribution in [3.05, 3.63) is 52.0 Å². The number of hydrogen-bond acceptors (Lipinski definition) is 2. The molecule has 0 aliphatic rings. The van der Waals surface area contributed by atoms with Gasteiger partial charge in [-0.2, -0.15) is 0 Å². The van der Waals surface area contributed by atoms with E-state index in [1.165, 1.54) is 0 Å². The van der Waals surface area contributed by atoms with Gasteiger partial charge in [0.15, 0.2) is 5.96 Å². The zero-order valence-corrected chi connectivity index (χ0v) is 15.5. The van der Waals surface area contributed by atoms with Gasteiger partial charge < -0.3 is 15.2 Å². The molecule has 1 aromatic heterocycles. The highest BCUT2D eigenvalue weighted by molar-refractivity contribution is 6.35. The van der Waals surface area contributed by atoms with Crippen molar-refractivity contribution >= 4 is 29.2 Å². The maximum atomic E-state index is 6.17. The monoisotopic (exact) mass is 367 g/mol. The van der Waals surface area contributed by atoms with Crippen LogP contribution in [0.2, 0.25) is 10.0 Å². The van der Waals surface area contributed by atoms with Gasteiger partial charge in [-0.3, -0.25) is 4.99 Å². The first kappa shape index (κ1) is 18.6. The molecule has 5 nitrogen and oxygen atoms in total. The largest absolute Gasteiger partial charge is 0.356 e. The van der Waals surface area contributed by atoms with E-state index >= 15 is 0 Å². The predicted molar refractivity (Wildman–Crippen MR) is 101 cm³/mol. The van der Waals surface area contributed by atoms with Crippen LogP contribution >= 0.6 is 23.2 Å². The fourth-order valence-electron chi connectivity index (χ4n) is 2.32. The average molecular weight is 368 g/mol. The fraction of sp³-hybridized carbons (Fsp3) is 0.412. The Labute approximate surface area is 153 Å². The summed E-state index contributed by atoms with van der Waals surface area (Å²) in [6, 6.07) is 5.49. The van der Waals surface area contributed by atoms with Gasteiger partial charge in [-0.05, 0) is 37.5 Å². The number of aromatic nitrogens is 2. The van der Waals surface area contributed by atoms with Crippen molar-refractivity contribution in [3.8, 4) is 0 Å². The van der Waals surface area contributed by atoms with Gasteiger partial charge in [-0.1, -0.05) is 29.3 Å². The number of guanidine groups is 1. The first-order chi connectivity index (χ1) is 11.6. The standard InChI is InChI=1S/C17H23Cl2N5/c1-13-21-8-10-24(13)9-4-3-7-22-17(20-2)23-12-14-5-6-15(18)11-16(14)19/h5-6,8,10-11H,3-4,7,9,12H2,1-2H3,(H2,20,22,23). The van der Waals surface area contributed by atoms with Crippen LogP contribution in [0.15, 0.2) is 35.6 Å². The number of benzene rings is 1. The van der Waals surface area contributed by atoms with Gasteiger partial charge >= 0.3 is 0 Å². The highest BCUT2D eigenvalue weighted by Crippen LogP contribution is 2.20. The minimum atomic E-state index is 0.601. The van der Waals surface area contributed by atoms with E-state index in [1.807, 2.05) is 31.5 Å². The van der Waals surface area contributed by atoms with Crippen LogP contribution in [0.1, 0.15) is 24.2 Å². The lowest BCUT2D eigenvalue weighted by atomic mass is 10.2. The number of rotatable bonds is 7. The van der Waals surface area contributed by atoms with Crippen molar-refractivity contribution in [1.82, 2.24) is 20.2 Å². The second kappa shape index (κ2) is 9.55. The molecular formula is C17H23Cl2N5. The molecule has 0 saturated carbocycles. The SMILES string of the molecule is CN=C(NCCCCn1ccnc1C)NCc1ccc(Cl)cc1Cl. The highest BCUT2D eigenvalue weighted by Gasteiger charge is 2.03. The molecule has 2 rings (SSSR count). The summed E-state index contributed by atoms with van der Waals surface area (Å²) in [5.41, 5.74) is 0.986. The van der Waals surface area contributed by atoms with Crippen LogP contribution in [0.3, 0.4) is 0 Å². The molecule has 0 spiro atoms. The molecule has 1 aromatic carbocycles. The zero-order valence-electron chi connectivity index (χ0n) is 14.0. The molecule has 2 aromatic rings. The summed E-state index contributed by atoms with van der Waals surface area (Å²) in [6.45, 7) is 4.47. The van der Waals surface area contributed by atoms with Crippen LogP contribution < -0.4 is 10.6 Å². The molecule has 2 N–H and O–H groups in total. The average Bonchev–Trinajstić information content (AvgIpc) is 2.96. The summed E-state index contributed by atoms with van der Waals surface area (Å²) < 4.78 is 2.16. The number of unbranched alkanes of at least 4 members (excludes halogenated alkanes) is 1. The normalized spacial score (nSPS) is 11.6. The summed E-state index contributed by atoms with van der Waals surface area (Å²) in [5, 5.41) is 7.86. The molecule has 130 valence electrons. The molecule has 0 aliphatic carbocycles. The van der Waals surface area contributed by atoms with Crippen molar-refractivity contribution in [3.63, 3.8) is 0 Å². The Morgan fingerprint density at radius 1 is 1.25 bits per heavy atom. The third kappa shape index (κ3) is 5.73. The Hall–Kier alpha value is -1.72. The minimum absolute atomic E-state index is 0.601. The van der Waals surface area contributed by atoms with E-state index in [2.05, 4.69) is 25.2 Å². The van der Waals surface area contributed by atoms with Gasteiger partial charge in [-0.15, -0.1) is 0 Å². The number of imidazole rings is 1. The Morgan fingerprint density at radius 2 is 2.08 bits per heavy atom. The van der Waals surface area contributed by atoms with Gasteiger partial charge in [0, 0.05) is 49.1 Å². The third-order valence-electron chi connectivity index (χ3n) is 3.73. The van der Waals surface area contributed by atoms with E-state index in [1.54, 1.807) is 13.1 Å². The van der Waals surface area contributed by atoms with Gasteiger partial charge in [-0.25, -0.2) is 4.98 Å². The molecule has 7 heteroatoms. The minimum Gasteiger partial charge on any atom is -0.356 e. The highest BCUT2D eigenvalue weighted by atomic mass is 35.5. The van der Waals surface area contributed by atoms with Crippen molar-refractivity contribution in [2.45, 2.75) is 32.9 Å². The summed E-state index contributed by atoms with van der Waals surface area (Å²) in [4.78, 5) is 8.44. The van der Waals surface area contributed by atoms with Crippen LogP contribution in [0.5, 0.6) is 0 Å². The van der Waals surface area contributed by atoms with Crippen LogP contribution in [0.4, 0.5) is 0 Å². The van der Waals surface area contributed by atoms with Crippen molar-refractivity contribution < 1.29 is 0 Å². The topological polar surface area (TPSA) is 54.2 Å². The Kier molecular flexibility index (Phi) is 7.40. The molecule has 24 heavy (non-hydrogen) atoms. The Balaban J connectivity index is 1.68. The molecule has 0 saturated heterocycles. The van der Waals surface area contributed by atoms with Gasteiger partial charge in [0.1, 0.15) is 5.82 Å². The number of halogens is 2. The van der Waals surface area contributed by atoms with Crippen LogP contribution in [-0.4, -0.2) is 29.1 Å². The molecule has 0 atom stereocenters. The van der Waals surface area contributed by atoms with Crippen LogP contribution in [0.25, 0.3) is 0 Å². The Morgan fingerprint density at radius 3 is 2.75 bits per heavy atom. The van der Waals surface area contributed by atoms with Gasteiger partial charge in [0.2, 0.25) is 0 Å². The van der Waals surface area contributed by atoms with Gasteiger partial charge in [0.25, 0.3) is 0 Å². The number of aryl methyl sites for hydroxylation is 2. The lowest BCUT2D eigenvalue weighted by Gasteiger charge is -2.13. The molecule has 1 heterocycles. The lowest BCUT2D eigenvalue weighted by Crippen LogP contribution is -2.37. The van der Waals surface area contributed by atoms with E-state index in [0.29, 0.717) is 16.6 Å². The predicted octanol–water partition coefficient (Wildman–Crippen LogP) is 3.64. The maximum Gasteiger partial charge on any atom is 0.191 e. The molecule has 0 radical (unpaired) electrons. The van der Waals surface area contributed by atoms with Crippen molar-refractivity contribution in [1.29, 1.82) is 0 Å².